The predicted octanol–water partition coefficient (Wildman–Crippen LogP) is 3.75. The van der Waals surface area contributed by atoms with Crippen molar-refractivity contribution in [2.24, 2.45) is 0 Å². The van der Waals surface area contributed by atoms with Crippen LogP contribution in [0.5, 0.6) is 0 Å². The van der Waals surface area contributed by atoms with Gasteiger partial charge in [0.2, 0.25) is 11.8 Å². The number of nitrogens with zero attached hydrogens (tertiary/aromatic N) is 2. The Labute approximate surface area is 191 Å². The Bertz CT molecular complexity index is 790. The van der Waals surface area contributed by atoms with Crippen molar-refractivity contribution in [2.75, 3.05) is 44.6 Å². The molecule has 178 valence electrons. The van der Waals surface area contributed by atoms with Gasteiger partial charge in [-0.2, -0.15) is 13.2 Å². The quantitative estimate of drug-likeness (QED) is 0.616. The molecule has 2 N–H and O–H groups in total. The smallest absolute Gasteiger partial charge is 0.352 e. The van der Waals surface area contributed by atoms with Crippen molar-refractivity contribution in [2.45, 2.75) is 50.7 Å². The number of hydrogen-bond donors (Lipinski definition) is 2. The number of benzene rings is 1. The molecule has 1 aromatic carbocycles. The SMILES string of the molecule is O=C(CN1CCN(CC(=O)NC2CCCCCC2)CC1)Nc1ccc(Cl)c(C(F)(F)F)c1. The second kappa shape index (κ2) is 11.3. The molecule has 1 heterocycles. The molecule has 3 rings (SSSR count). The maximum atomic E-state index is 13.0. The highest BCUT2D eigenvalue weighted by molar-refractivity contribution is 6.31. The van der Waals surface area contributed by atoms with E-state index in [4.69, 9.17) is 11.6 Å². The number of carbonyl (C=O) groups is 2. The van der Waals surface area contributed by atoms with E-state index in [9.17, 15) is 22.8 Å². The van der Waals surface area contributed by atoms with E-state index < -0.39 is 16.8 Å². The van der Waals surface area contributed by atoms with Crippen LogP contribution in [-0.4, -0.2) is 66.9 Å². The van der Waals surface area contributed by atoms with Gasteiger partial charge in [0, 0.05) is 37.9 Å². The third-order valence-corrected chi connectivity index (χ3v) is 6.30. The molecule has 2 amide bonds. The molecule has 1 aliphatic heterocycles. The van der Waals surface area contributed by atoms with Crippen LogP contribution in [0.15, 0.2) is 18.2 Å². The minimum Gasteiger partial charge on any atom is -0.352 e. The van der Waals surface area contributed by atoms with Crippen molar-refractivity contribution in [3.8, 4) is 0 Å². The molecule has 1 aromatic rings. The lowest BCUT2D eigenvalue weighted by Gasteiger charge is -2.34. The summed E-state index contributed by atoms with van der Waals surface area (Å²) in [6.07, 6.45) is 2.32. The molecular formula is C22H30ClF3N4O2. The number of nitrogens with one attached hydrogen (secondary N) is 2. The van der Waals surface area contributed by atoms with Crippen LogP contribution in [-0.2, 0) is 15.8 Å². The van der Waals surface area contributed by atoms with Gasteiger partial charge in [0.1, 0.15) is 0 Å². The topological polar surface area (TPSA) is 64.7 Å². The Morgan fingerprint density at radius 1 is 0.938 bits per heavy atom. The fourth-order valence-corrected chi connectivity index (χ4v) is 4.45. The van der Waals surface area contributed by atoms with Gasteiger partial charge in [-0.25, -0.2) is 0 Å². The third kappa shape index (κ3) is 7.64. The summed E-state index contributed by atoms with van der Waals surface area (Å²) >= 11 is 5.61. The van der Waals surface area contributed by atoms with Gasteiger partial charge in [0.25, 0.3) is 0 Å². The second-order valence-corrected chi connectivity index (χ2v) is 8.96. The van der Waals surface area contributed by atoms with Gasteiger partial charge in [-0.05, 0) is 31.0 Å². The van der Waals surface area contributed by atoms with Gasteiger partial charge in [-0.3, -0.25) is 19.4 Å². The Hall–Kier alpha value is -1.84. The number of alkyl halides is 3. The molecule has 0 atom stereocenters. The molecule has 10 heteroatoms. The van der Waals surface area contributed by atoms with Gasteiger partial charge in [0.05, 0.1) is 23.7 Å². The predicted molar refractivity (Wildman–Crippen MR) is 118 cm³/mol. The Balaban J connectivity index is 1.40. The van der Waals surface area contributed by atoms with Gasteiger partial charge in [-0.1, -0.05) is 37.3 Å². The van der Waals surface area contributed by atoms with E-state index >= 15 is 0 Å². The minimum atomic E-state index is -4.59. The second-order valence-electron chi connectivity index (χ2n) is 8.55. The van der Waals surface area contributed by atoms with Crippen LogP contribution < -0.4 is 10.6 Å². The molecule has 1 aliphatic carbocycles. The van der Waals surface area contributed by atoms with E-state index in [2.05, 4.69) is 15.5 Å². The van der Waals surface area contributed by atoms with Crippen molar-refractivity contribution in [3.05, 3.63) is 28.8 Å². The Morgan fingerprint density at radius 3 is 2.06 bits per heavy atom. The fraction of sp³-hybridized carbons (Fsp3) is 0.636. The van der Waals surface area contributed by atoms with Gasteiger partial charge < -0.3 is 10.6 Å². The van der Waals surface area contributed by atoms with E-state index in [1.807, 2.05) is 4.90 Å². The normalized spacial score (nSPS) is 19.4. The molecule has 0 bridgehead atoms. The minimum absolute atomic E-state index is 0.0475. The lowest BCUT2D eigenvalue weighted by Crippen LogP contribution is -2.51. The molecule has 2 fully saturated rings. The van der Waals surface area contributed by atoms with Crippen LogP contribution in [0.4, 0.5) is 18.9 Å². The number of carbonyl (C=O) groups excluding carboxylic acids is 2. The number of hydrogen-bond acceptors (Lipinski definition) is 4. The lowest BCUT2D eigenvalue weighted by molar-refractivity contribution is -0.137. The highest BCUT2D eigenvalue weighted by Gasteiger charge is 2.33. The van der Waals surface area contributed by atoms with Crippen molar-refractivity contribution >= 4 is 29.1 Å². The number of rotatable bonds is 6. The van der Waals surface area contributed by atoms with Gasteiger partial charge in [-0.15, -0.1) is 0 Å². The number of amides is 2. The molecule has 0 spiro atoms. The van der Waals surface area contributed by atoms with Crippen molar-refractivity contribution in [1.29, 1.82) is 0 Å². The zero-order valence-electron chi connectivity index (χ0n) is 18.0. The number of anilines is 1. The first-order chi connectivity index (χ1) is 15.2. The van der Waals surface area contributed by atoms with Crippen LogP contribution in [0.1, 0.15) is 44.1 Å². The van der Waals surface area contributed by atoms with E-state index in [1.54, 1.807) is 0 Å². The van der Waals surface area contributed by atoms with Crippen molar-refractivity contribution in [3.63, 3.8) is 0 Å². The summed E-state index contributed by atoms with van der Waals surface area (Å²) in [6.45, 7) is 2.96. The summed E-state index contributed by atoms with van der Waals surface area (Å²) in [7, 11) is 0. The standard InChI is InChI=1S/C22H30ClF3N4O2/c23-19-8-7-17(13-18(19)22(24,25)26)28-21(32)15-30-11-9-29(10-12-30)14-20(31)27-16-5-3-1-2-4-6-16/h7-8,13,16H,1-6,9-12,14-15H2,(H,27,31)(H,28,32). The van der Waals surface area contributed by atoms with Crippen molar-refractivity contribution in [1.82, 2.24) is 15.1 Å². The van der Waals surface area contributed by atoms with Gasteiger partial charge in [0.15, 0.2) is 0 Å². The first-order valence-corrected chi connectivity index (χ1v) is 11.5. The first kappa shape index (κ1) is 24.8. The van der Waals surface area contributed by atoms with Crippen LogP contribution in [0.2, 0.25) is 5.02 Å². The van der Waals surface area contributed by atoms with E-state index in [0.29, 0.717) is 32.7 Å². The number of piperazine rings is 1. The average molecular weight is 475 g/mol. The maximum absolute atomic E-state index is 13.0. The van der Waals surface area contributed by atoms with E-state index in [-0.39, 0.29) is 30.1 Å². The van der Waals surface area contributed by atoms with Crippen LogP contribution in [0.25, 0.3) is 0 Å². The van der Waals surface area contributed by atoms with Crippen LogP contribution in [0.3, 0.4) is 0 Å². The summed E-state index contributed by atoms with van der Waals surface area (Å²) in [4.78, 5) is 28.6. The lowest BCUT2D eigenvalue weighted by atomic mass is 10.1. The fourth-order valence-electron chi connectivity index (χ4n) is 4.23. The largest absolute Gasteiger partial charge is 0.417 e. The zero-order chi connectivity index (χ0) is 23.1. The first-order valence-electron chi connectivity index (χ1n) is 11.1. The monoisotopic (exact) mass is 474 g/mol. The molecule has 0 radical (unpaired) electrons. The molecule has 1 saturated carbocycles. The highest BCUT2D eigenvalue weighted by Crippen LogP contribution is 2.36. The summed E-state index contributed by atoms with van der Waals surface area (Å²) in [5, 5.41) is 5.25. The Kier molecular flexibility index (Phi) is 8.79. The summed E-state index contributed by atoms with van der Waals surface area (Å²) in [6, 6.07) is 3.59. The highest BCUT2D eigenvalue weighted by atomic mass is 35.5. The molecule has 1 saturated heterocycles. The average Bonchev–Trinajstić information content (AvgIpc) is 2.98. The summed E-state index contributed by atoms with van der Waals surface area (Å²) in [5.74, 6) is -0.341. The summed E-state index contributed by atoms with van der Waals surface area (Å²) in [5.41, 5.74) is -0.923. The summed E-state index contributed by atoms with van der Waals surface area (Å²) < 4.78 is 38.9. The molecular weight excluding hydrogens is 445 g/mol. The van der Waals surface area contributed by atoms with Gasteiger partial charge >= 0.3 is 6.18 Å². The zero-order valence-corrected chi connectivity index (χ0v) is 18.8. The molecule has 0 unspecified atom stereocenters. The van der Waals surface area contributed by atoms with E-state index in [0.717, 1.165) is 25.0 Å². The Morgan fingerprint density at radius 2 is 1.50 bits per heavy atom. The van der Waals surface area contributed by atoms with Crippen LogP contribution in [0, 0.1) is 0 Å². The van der Waals surface area contributed by atoms with E-state index in [1.165, 1.54) is 31.7 Å². The molecule has 6 nitrogen and oxygen atoms in total. The van der Waals surface area contributed by atoms with Crippen molar-refractivity contribution < 1.29 is 22.8 Å². The molecule has 32 heavy (non-hydrogen) atoms. The van der Waals surface area contributed by atoms with Crippen LogP contribution >= 0.6 is 11.6 Å². The number of halogens is 4. The molecule has 2 aliphatic rings. The molecule has 0 aromatic heterocycles. The third-order valence-electron chi connectivity index (χ3n) is 5.98. The maximum Gasteiger partial charge on any atom is 0.417 e.